The van der Waals surface area contributed by atoms with Crippen molar-refractivity contribution in [3.8, 4) is 0 Å². The Morgan fingerprint density at radius 3 is 2.79 bits per heavy atom. The summed E-state index contributed by atoms with van der Waals surface area (Å²) in [6.45, 7) is 10.1. The number of ether oxygens (including phenoxy) is 1. The Hall–Kier alpha value is -2.08. The van der Waals surface area contributed by atoms with Crippen molar-refractivity contribution in [2.45, 2.75) is 51.8 Å². The van der Waals surface area contributed by atoms with Gasteiger partial charge in [0.05, 0.1) is 0 Å². The molecular weight excluding hydrogens is 357 g/mol. The van der Waals surface area contributed by atoms with Gasteiger partial charge >= 0.3 is 6.09 Å². The van der Waals surface area contributed by atoms with E-state index in [4.69, 9.17) is 4.74 Å². The van der Waals surface area contributed by atoms with Crippen LogP contribution < -0.4 is 0 Å². The molecule has 0 radical (unpaired) electrons. The highest BCUT2D eigenvalue weighted by atomic mass is 19.1. The molecule has 2 fully saturated rings. The van der Waals surface area contributed by atoms with E-state index >= 15 is 0 Å². The van der Waals surface area contributed by atoms with Gasteiger partial charge in [-0.05, 0) is 63.8 Å². The molecule has 5 nitrogen and oxygen atoms in total. The van der Waals surface area contributed by atoms with E-state index in [-0.39, 0.29) is 11.9 Å². The molecule has 1 unspecified atom stereocenters. The van der Waals surface area contributed by atoms with Gasteiger partial charge in [-0.15, -0.1) is 0 Å². The minimum absolute atomic E-state index is 0.186. The van der Waals surface area contributed by atoms with Crippen LogP contribution in [0.5, 0.6) is 0 Å². The smallest absolute Gasteiger partial charge is 0.410 e. The fourth-order valence-electron chi connectivity index (χ4n) is 4.51. The van der Waals surface area contributed by atoms with Gasteiger partial charge < -0.3 is 14.2 Å². The van der Waals surface area contributed by atoms with Crippen LogP contribution >= 0.6 is 0 Å². The molecule has 0 saturated carbocycles. The molecule has 0 N–H and O–H groups in total. The number of piperazine rings is 1. The highest BCUT2D eigenvalue weighted by Gasteiger charge is 2.35. The van der Waals surface area contributed by atoms with E-state index < -0.39 is 5.60 Å². The number of fused-ring (bicyclic) bond motifs is 2. The summed E-state index contributed by atoms with van der Waals surface area (Å²) in [5.41, 5.74) is 0.646. The Labute approximate surface area is 166 Å². The van der Waals surface area contributed by atoms with Crippen LogP contribution in [0.1, 0.15) is 33.6 Å². The monoisotopic (exact) mass is 387 g/mol. The summed E-state index contributed by atoms with van der Waals surface area (Å²) < 4.78 is 21.2. The van der Waals surface area contributed by atoms with E-state index in [1.54, 1.807) is 6.07 Å². The lowest BCUT2D eigenvalue weighted by Crippen LogP contribution is -2.58. The van der Waals surface area contributed by atoms with Crippen molar-refractivity contribution in [3.05, 3.63) is 36.3 Å². The van der Waals surface area contributed by atoms with Crippen LogP contribution in [0.4, 0.5) is 9.18 Å². The van der Waals surface area contributed by atoms with Crippen molar-refractivity contribution in [2.75, 3.05) is 26.2 Å². The number of carbonyl (C=O) groups is 1. The number of piperidine rings is 1. The van der Waals surface area contributed by atoms with E-state index in [0.29, 0.717) is 12.0 Å². The molecule has 152 valence electrons. The number of amides is 1. The van der Waals surface area contributed by atoms with E-state index in [2.05, 4.69) is 15.7 Å². The van der Waals surface area contributed by atoms with Gasteiger partial charge in [-0.1, -0.05) is 0 Å². The van der Waals surface area contributed by atoms with E-state index in [1.165, 1.54) is 6.07 Å². The van der Waals surface area contributed by atoms with Crippen LogP contribution in [0.25, 0.3) is 10.9 Å². The van der Waals surface area contributed by atoms with E-state index in [0.717, 1.165) is 56.5 Å². The Kier molecular flexibility index (Phi) is 5.08. The number of benzene rings is 1. The number of hydrogen-bond donors (Lipinski definition) is 0. The largest absolute Gasteiger partial charge is 0.444 e. The maximum atomic E-state index is 13.4. The maximum Gasteiger partial charge on any atom is 0.410 e. The fourth-order valence-corrected chi connectivity index (χ4v) is 4.51. The van der Waals surface area contributed by atoms with Gasteiger partial charge in [0.2, 0.25) is 0 Å². The molecule has 2 aliphatic heterocycles. The van der Waals surface area contributed by atoms with Crippen LogP contribution in [0.15, 0.2) is 30.5 Å². The molecular formula is C22H30FN3O2. The van der Waals surface area contributed by atoms with Gasteiger partial charge in [0, 0.05) is 55.9 Å². The third kappa shape index (κ3) is 4.17. The third-order valence-electron chi connectivity index (χ3n) is 5.85. The van der Waals surface area contributed by atoms with Crippen LogP contribution in [-0.2, 0) is 11.3 Å². The summed E-state index contributed by atoms with van der Waals surface area (Å²) in [5, 5.41) is 0.958. The quantitative estimate of drug-likeness (QED) is 0.778. The molecule has 6 heteroatoms. The van der Waals surface area contributed by atoms with Gasteiger partial charge in [-0.25, -0.2) is 9.18 Å². The number of nitrogens with zero attached hydrogens (tertiary/aromatic N) is 3. The van der Waals surface area contributed by atoms with E-state index in [1.807, 2.05) is 37.8 Å². The van der Waals surface area contributed by atoms with Crippen molar-refractivity contribution >= 4 is 17.0 Å². The number of halogens is 1. The fraction of sp³-hybridized carbons (Fsp3) is 0.591. The second-order valence-corrected chi connectivity index (χ2v) is 9.19. The van der Waals surface area contributed by atoms with Crippen molar-refractivity contribution < 1.29 is 13.9 Å². The van der Waals surface area contributed by atoms with Gasteiger partial charge in [0.25, 0.3) is 0 Å². The van der Waals surface area contributed by atoms with Gasteiger partial charge in [-0.2, -0.15) is 0 Å². The van der Waals surface area contributed by atoms with Crippen LogP contribution in [-0.4, -0.2) is 58.3 Å². The minimum atomic E-state index is -0.450. The van der Waals surface area contributed by atoms with Gasteiger partial charge in [0.15, 0.2) is 0 Å². The molecule has 3 heterocycles. The highest BCUT2D eigenvalue weighted by Crippen LogP contribution is 2.28. The van der Waals surface area contributed by atoms with Gasteiger partial charge in [-0.3, -0.25) is 4.90 Å². The Balaban J connectivity index is 1.35. The molecule has 4 rings (SSSR count). The zero-order chi connectivity index (χ0) is 19.9. The number of rotatable bonds is 2. The first-order chi connectivity index (χ1) is 13.3. The average molecular weight is 387 g/mol. The van der Waals surface area contributed by atoms with Crippen molar-refractivity contribution in [1.82, 2.24) is 14.4 Å². The SMILES string of the molecule is CC(C)(C)OC(=O)N1CCN2C[C@H](Cn3ccc4cc(F)ccc43)CCC2C1. The van der Waals surface area contributed by atoms with Crippen LogP contribution in [0, 0.1) is 11.7 Å². The summed E-state index contributed by atoms with van der Waals surface area (Å²) in [7, 11) is 0. The van der Waals surface area contributed by atoms with Gasteiger partial charge in [0.1, 0.15) is 11.4 Å². The topological polar surface area (TPSA) is 37.7 Å². The first-order valence-corrected chi connectivity index (χ1v) is 10.2. The molecule has 2 atom stereocenters. The lowest BCUT2D eigenvalue weighted by atomic mass is 9.91. The lowest BCUT2D eigenvalue weighted by Gasteiger charge is -2.46. The summed E-state index contributed by atoms with van der Waals surface area (Å²) in [4.78, 5) is 16.8. The lowest BCUT2D eigenvalue weighted by molar-refractivity contribution is -0.00980. The minimum Gasteiger partial charge on any atom is -0.444 e. The molecule has 0 aliphatic carbocycles. The zero-order valence-electron chi connectivity index (χ0n) is 17.0. The summed E-state index contributed by atoms with van der Waals surface area (Å²) >= 11 is 0. The molecule has 2 aliphatic rings. The maximum absolute atomic E-state index is 13.4. The van der Waals surface area contributed by atoms with Crippen LogP contribution in [0.3, 0.4) is 0 Å². The molecule has 1 amide bonds. The summed E-state index contributed by atoms with van der Waals surface area (Å²) in [6, 6.07) is 7.41. The molecule has 1 aromatic heterocycles. The third-order valence-corrected chi connectivity index (χ3v) is 5.85. The second-order valence-electron chi connectivity index (χ2n) is 9.19. The van der Waals surface area contributed by atoms with Crippen LogP contribution in [0.2, 0.25) is 0 Å². The first kappa shape index (κ1) is 19.2. The summed E-state index contributed by atoms with van der Waals surface area (Å²) in [5.74, 6) is 0.388. The molecule has 2 saturated heterocycles. The molecule has 0 bridgehead atoms. The van der Waals surface area contributed by atoms with Crippen molar-refractivity contribution in [1.29, 1.82) is 0 Å². The number of hydrogen-bond acceptors (Lipinski definition) is 3. The standard InChI is InChI=1S/C22H30FN3O2/c1-22(2,3)28-21(27)26-11-10-24-13-16(4-6-19(24)15-26)14-25-9-8-17-12-18(23)5-7-20(17)25/h5,7-9,12,16,19H,4,6,10-11,13-15H2,1-3H3/t16-,19?/m1/s1. The average Bonchev–Trinajstić information content (AvgIpc) is 3.01. The Morgan fingerprint density at radius 1 is 1.18 bits per heavy atom. The molecule has 1 aromatic carbocycles. The molecule has 0 spiro atoms. The number of aromatic nitrogens is 1. The number of carbonyl (C=O) groups excluding carboxylic acids is 1. The van der Waals surface area contributed by atoms with Crippen molar-refractivity contribution in [2.24, 2.45) is 5.92 Å². The van der Waals surface area contributed by atoms with E-state index in [9.17, 15) is 9.18 Å². The Morgan fingerprint density at radius 2 is 2.00 bits per heavy atom. The Bertz CT molecular complexity index is 857. The zero-order valence-corrected chi connectivity index (χ0v) is 17.0. The predicted octanol–water partition coefficient (Wildman–Crippen LogP) is 4.11. The second kappa shape index (κ2) is 7.39. The first-order valence-electron chi connectivity index (χ1n) is 10.2. The summed E-state index contributed by atoms with van der Waals surface area (Å²) in [6.07, 6.45) is 4.11. The highest BCUT2D eigenvalue weighted by molar-refractivity contribution is 5.80. The van der Waals surface area contributed by atoms with Crippen molar-refractivity contribution in [3.63, 3.8) is 0 Å². The molecule has 2 aromatic rings. The predicted molar refractivity (Wildman–Crippen MR) is 108 cm³/mol. The normalized spacial score (nSPS) is 23.6. The molecule has 28 heavy (non-hydrogen) atoms.